The number of hydrogen-bond donors (Lipinski definition) is 2. The highest BCUT2D eigenvalue weighted by Crippen LogP contribution is 2.19. The van der Waals surface area contributed by atoms with Gasteiger partial charge in [0.05, 0.1) is 0 Å². The second-order valence-electron chi connectivity index (χ2n) is 6.76. The molecule has 2 N–H and O–H groups in total. The lowest BCUT2D eigenvalue weighted by Crippen LogP contribution is -2.44. The average molecular weight is 386 g/mol. The van der Waals surface area contributed by atoms with Gasteiger partial charge in [0.25, 0.3) is 0 Å². The zero-order valence-corrected chi connectivity index (χ0v) is 16.0. The van der Waals surface area contributed by atoms with Gasteiger partial charge < -0.3 is 20.3 Å². The molecule has 1 unspecified atom stereocenters. The standard InChI is InChI=1S/C19H29F3N4O/c1-3-26-10-4-5-16(13-26)12-25-18(23-2)24-11-15-6-8-17(9-7-15)27-14-19(20,21)22/h6-9,16H,3-5,10-14H2,1-2H3,(H2,23,24,25). The predicted octanol–water partition coefficient (Wildman–Crippen LogP) is 3.02. The number of nitrogens with zero attached hydrogens (tertiary/aromatic N) is 2. The molecule has 0 bridgehead atoms. The maximum atomic E-state index is 12.2. The van der Waals surface area contributed by atoms with Crippen molar-refractivity contribution in [1.82, 2.24) is 15.5 Å². The number of alkyl halides is 3. The van der Waals surface area contributed by atoms with Crippen molar-refractivity contribution in [3.63, 3.8) is 0 Å². The molecule has 0 aliphatic carbocycles. The minimum atomic E-state index is -4.33. The van der Waals surface area contributed by atoms with Gasteiger partial charge in [-0.25, -0.2) is 0 Å². The minimum Gasteiger partial charge on any atom is -0.484 e. The van der Waals surface area contributed by atoms with Gasteiger partial charge in [-0.3, -0.25) is 4.99 Å². The van der Waals surface area contributed by atoms with Crippen LogP contribution in [0.1, 0.15) is 25.3 Å². The number of likely N-dealkylation sites (tertiary alicyclic amines) is 1. The fraction of sp³-hybridized carbons (Fsp3) is 0.632. The van der Waals surface area contributed by atoms with Crippen molar-refractivity contribution >= 4 is 5.96 Å². The van der Waals surface area contributed by atoms with Crippen molar-refractivity contribution in [3.05, 3.63) is 29.8 Å². The van der Waals surface area contributed by atoms with E-state index in [0.717, 1.165) is 31.2 Å². The number of guanidine groups is 1. The van der Waals surface area contributed by atoms with Gasteiger partial charge in [0, 0.05) is 26.7 Å². The van der Waals surface area contributed by atoms with Gasteiger partial charge in [-0.2, -0.15) is 13.2 Å². The Hall–Kier alpha value is -1.96. The normalized spacial score (nSPS) is 19.0. The quantitative estimate of drug-likeness (QED) is 0.559. The van der Waals surface area contributed by atoms with Crippen LogP contribution >= 0.6 is 0 Å². The molecule has 2 rings (SSSR count). The molecular formula is C19H29F3N4O. The van der Waals surface area contributed by atoms with Crippen LogP contribution in [0.25, 0.3) is 0 Å². The molecule has 8 heteroatoms. The molecule has 0 radical (unpaired) electrons. The minimum absolute atomic E-state index is 0.205. The van der Waals surface area contributed by atoms with Gasteiger partial charge in [-0.15, -0.1) is 0 Å². The number of hydrogen-bond acceptors (Lipinski definition) is 3. The van der Waals surface area contributed by atoms with Crippen LogP contribution in [-0.2, 0) is 6.54 Å². The van der Waals surface area contributed by atoms with Gasteiger partial charge in [0.2, 0.25) is 0 Å². The summed E-state index contributed by atoms with van der Waals surface area (Å²) < 4.78 is 41.2. The molecule has 5 nitrogen and oxygen atoms in total. The molecule has 1 saturated heterocycles. The summed E-state index contributed by atoms with van der Waals surface area (Å²) in [5.41, 5.74) is 0.937. The number of benzene rings is 1. The first kappa shape index (κ1) is 21.3. The number of piperidine rings is 1. The van der Waals surface area contributed by atoms with E-state index in [9.17, 15) is 13.2 Å². The summed E-state index contributed by atoms with van der Waals surface area (Å²) in [7, 11) is 1.72. The van der Waals surface area contributed by atoms with E-state index in [1.54, 1.807) is 31.3 Å². The summed E-state index contributed by atoms with van der Waals surface area (Å²) in [6, 6.07) is 6.57. The molecule has 0 spiro atoms. The monoisotopic (exact) mass is 386 g/mol. The predicted molar refractivity (Wildman–Crippen MR) is 101 cm³/mol. The number of rotatable bonds is 7. The van der Waals surface area contributed by atoms with Gasteiger partial charge in [0.1, 0.15) is 5.75 Å². The van der Waals surface area contributed by atoms with Gasteiger partial charge >= 0.3 is 6.18 Å². The fourth-order valence-electron chi connectivity index (χ4n) is 3.12. The highest BCUT2D eigenvalue weighted by atomic mass is 19.4. The molecule has 1 aromatic rings. The first-order chi connectivity index (χ1) is 12.9. The third kappa shape index (κ3) is 8.07. The smallest absolute Gasteiger partial charge is 0.422 e. The lowest BCUT2D eigenvalue weighted by Gasteiger charge is -2.32. The molecule has 152 valence electrons. The second-order valence-corrected chi connectivity index (χ2v) is 6.76. The molecule has 1 aliphatic rings. The Labute approximate surface area is 159 Å². The van der Waals surface area contributed by atoms with Gasteiger partial charge in [-0.1, -0.05) is 19.1 Å². The zero-order chi connectivity index (χ0) is 19.7. The summed E-state index contributed by atoms with van der Waals surface area (Å²) in [6.07, 6.45) is -1.88. The van der Waals surface area contributed by atoms with Crippen LogP contribution in [0.15, 0.2) is 29.3 Å². The van der Waals surface area contributed by atoms with Crippen molar-refractivity contribution in [1.29, 1.82) is 0 Å². The first-order valence-corrected chi connectivity index (χ1v) is 9.35. The van der Waals surface area contributed by atoms with Crippen LogP contribution < -0.4 is 15.4 Å². The Bertz CT molecular complexity index is 590. The number of nitrogens with one attached hydrogen (secondary N) is 2. The summed E-state index contributed by atoms with van der Waals surface area (Å²) in [5, 5.41) is 6.60. The van der Waals surface area contributed by atoms with Crippen LogP contribution in [-0.4, -0.2) is 56.9 Å². The average Bonchev–Trinajstić information content (AvgIpc) is 2.67. The van der Waals surface area contributed by atoms with Gasteiger partial charge in [-0.05, 0) is 49.5 Å². The van der Waals surface area contributed by atoms with E-state index < -0.39 is 12.8 Å². The Morgan fingerprint density at radius 2 is 2.00 bits per heavy atom. The molecule has 1 heterocycles. The Kier molecular flexibility index (Phi) is 8.22. The number of ether oxygens (including phenoxy) is 1. The van der Waals surface area contributed by atoms with Crippen LogP contribution in [0.2, 0.25) is 0 Å². The summed E-state index contributed by atoms with van der Waals surface area (Å²) in [4.78, 5) is 6.70. The van der Waals surface area contributed by atoms with Crippen LogP contribution in [0.3, 0.4) is 0 Å². The second kappa shape index (κ2) is 10.4. The maximum Gasteiger partial charge on any atom is 0.422 e. The third-order valence-corrected chi connectivity index (χ3v) is 4.62. The largest absolute Gasteiger partial charge is 0.484 e. The first-order valence-electron chi connectivity index (χ1n) is 9.35. The van der Waals surface area contributed by atoms with Crippen LogP contribution in [0.5, 0.6) is 5.75 Å². The Balaban J connectivity index is 1.73. The van der Waals surface area contributed by atoms with Crippen LogP contribution in [0, 0.1) is 5.92 Å². The Morgan fingerprint density at radius 3 is 2.63 bits per heavy atom. The summed E-state index contributed by atoms with van der Waals surface area (Å²) in [6.45, 7) is 5.70. The zero-order valence-electron chi connectivity index (χ0n) is 16.0. The van der Waals surface area contributed by atoms with E-state index in [-0.39, 0.29) is 5.75 Å². The highest BCUT2D eigenvalue weighted by molar-refractivity contribution is 5.79. The lowest BCUT2D eigenvalue weighted by atomic mass is 9.98. The highest BCUT2D eigenvalue weighted by Gasteiger charge is 2.28. The number of aliphatic imine (C=N–C) groups is 1. The molecule has 27 heavy (non-hydrogen) atoms. The van der Waals surface area contributed by atoms with Crippen molar-refractivity contribution in [2.75, 3.05) is 39.8 Å². The Morgan fingerprint density at radius 1 is 1.26 bits per heavy atom. The molecule has 0 amide bonds. The molecule has 1 aromatic carbocycles. The van der Waals surface area contributed by atoms with E-state index in [2.05, 4.69) is 27.4 Å². The molecule has 1 atom stereocenters. The van der Waals surface area contributed by atoms with Crippen molar-refractivity contribution in [3.8, 4) is 5.75 Å². The topological polar surface area (TPSA) is 48.9 Å². The summed E-state index contributed by atoms with van der Waals surface area (Å²) in [5.74, 6) is 1.54. The third-order valence-electron chi connectivity index (χ3n) is 4.62. The van der Waals surface area contributed by atoms with E-state index in [4.69, 9.17) is 4.74 Å². The number of halogens is 3. The van der Waals surface area contributed by atoms with E-state index in [1.807, 2.05) is 0 Å². The molecular weight excluding hydrogens is 357 g/mol. The van der Waals surface area contributed by atoms with Crippen molar-refractivity contribution in [2.45, 2.75) is 32.5 Å². The van der Waals surface area contributed by atoms with E-state index in [1.165, 1.54) is 19.4 Å². The van der Waals surface area contributed by atoms with Crippen molar-refractivity contribution in [2.24, 2.45) is 10.9 Å². The van der Waals surface area contributed by atoms with Gasteiger partial charge in [0.15, 0.2) is 12.6 Å². The van der Waals surface area contributed by atoms with E-state index >= 15 is 0 Å². The van der Waals surface area contributed by atoms with E-state index in [0.29, 0.717) is 12.5 Å². The van der Waals surface area contributed by atoms with Crippen LogP contribution in [0.4, 0.5) is 13.2 Å². The SMILES string of the molecule is CCN1CCCC(CNC(=NC)NCc2ccc(OCC(F)(F)F)cc2)C1. The molecule has 0 aromatic heterocycles. The maximum absolute atomic E-state index is 12.2. The van der Waals surface area contributed by atoms with Crippen molar-refractivity contribution < 1.29 is 17.9 Å². The summed E-state index contributed by atoms with van der Waals surface area (Å²) >= 11 is 0. The fourth-order valence-corrected chi connectivity index (χ4v) is 3.12. The molecule has 1 aliphatic heterocycles. The molecule has 0 saturated carbocycles. The molecule has 1 fully saturated rings. The lowest BCUT2D eigenvalue weighted by molar-refractivity contribution is -0.153.